The molecule has 0 radical (unpaired) electrons. The average Bonchev–Trinajstić information content (AvgIpc) is 3.52. The molecule has 3 aromatic carbocycles. The van der Waals surface area contributed by atoms with E-state index >= 15 is 0 Å². The smallest absolute Gasteiger partial charge is 0.231 e. The predicted molar refractivity (Wildman–Crippen MR) is 157 cm³/mol. The van der Waals surface area contributed by atoms with Crippen molar-refractivity contribution >= 4 is 6.29 Å². The van der Waals surface area contributed by atoms with Gasteiger partial charge in [-0.3, -0.25) is 9.69 Å². The summed E-state index contributed by atoms with van der Waals surface area (Å²) in [6.45, 7) is 1.26. The first-order chi connectivity index (χ1) is 21.0. The Kier molecular flexibility index (Phi) is 9.02. The average molecular weight is 596 g/mol. The van der Waals surface area contributed by atoms with E-state index in [0.29, 0.717) is 76.6 Å². The number of benzene rings is 3. The lowest BCUT2D eigenvalue weighted by molar-refractivity contribution is 0.000744. The van der Waals surface area contributed by atoms with Gasteiger partial charge in [-0.1, -0.05) is 6.07 Å². The Hall–Kier alpha value is -4.35. The summed E-state index contributed by atoms with van der Waals surface area (Å²) in [5.41, 5.74) is 3.85. The Morgan fingerprint density at radius 2 is 1.51 bits per heavy atom. The van der Waals surface area contributed by atoms with Gasteiger partial charge >= 0.3 is 0 Å². The lowest BCUT2D eigenvalue weighted by Gasteiger charge is -2.42. The number of hydrogen-bond acceptors (Lipinski definition) is 11. The number of carbonyl (C=O) groups excluding carboxylic acids is 1. The fourth-order valence-electron chi connectivity index (χ4n) is 6.14. The first-order valence-corrected chi connectivity index (χ1v) is 13.7. The first kappa shape index (κ1) is 30.1. The number of nitrogens with zero attached hydrogens (tertiary/aromatic N) is 1. The molecule has 2 aliphatic rings. The largest absolute Gasteiger partial charge is 0.493 e. The maximum Gasteiger partial charge on any atom is 0.231 e. The summed E-state index contributed by atoms with van der Waals surface area (Å²) in [6, 6.07) is 9.06. The van der Waals surface area contributed by atoms with Crippen LogP contribution >= 0.6 is 0 Å². The van der Waals surface area contributed by atoms with Gasteiger partial charge in [0.2, 0.25) is 18.3 Å². The van der Waals surface area contributed by atoms with Crippen LogP contribution in [0.1, 0.15) is 44.8 Å². The molecule has 0 saturated heterocycles. The number of fused-ring (bicyclic) bond motifs is 2. The van der Waals surface area contributed by atoms with Crippen molar-refractivity contribution in [3.63, 3.8) is 0 Å². The van der Waals surface area contributed by atoms with E-state index in [4.69, 9.17) is 42.6 Å². The zero-order valence-electron chi connectivity index (χ0n) is 25.5. The van der Waals surface area contributed by atoms with Crippen LogP contribution in [0.5, 0.6) is 46.0 Å². The molecular formula is C32H37NO10. The van der Waals surface area contributed by atoms with E-state index in [1.807, 2.05) is 24.3 Å². The monoisotopic (exact) mass is 595 g/mol. The summed E-state index contributed by atoms with van der Waals surface area (Å²) in [5, 5.41) is 0. The van der Waals surface area contributed by atoms with Gasteiger partial charge in [-0.05, 0) is 47.4 Å². The zero-order valence-corrected chi connectivity index (χ0v) is 25.5. The summed E-state index contributed by atoms with van der Waals surface area (Å²) in [4.78, 5) is 14.9. The van der Waals surface area contributed by atoms with Gasteiger partial charge < -0.3 is 42.6 Å². The Labute approximate surface area is 251 Å². The van der Waals surface area contributed by atoms with E-state index in [9.17, 15) is 4.79 Å². The molecule has 0 saturated carbocycles. The van der Waals surface area contributed by atoms with Gasteiger partial charge in [0.05, 0.1) is 54.3 Å². The fourth-order valence-corrected chi connectivity index (χ4v) is 6.14. The second kappa shape index (κ2) is 12.9. The molecule has 2 aliphatic heterocycles. The minimum absolute atomic E-state index is 0.104. The van der Waals surface area contributed by atoms with Crippen molar-refractivity contribution in [1.82, 2.24) is 4.90 Å². The predicted octanol–water partition coefficient (Wildman–Crippen LogP) is 4.77. The highest BCUT2D eigenvalue weighted by Crippen LogP contribution is 2.54. The van der Waals surface area contributed by atoms with Crippen molar-refractivity contribution < 1.29 is 47.4 Å². The Morgan fingerprint density at radius 3 is 2.09 bits per heavy atom. The molecule has 0 amide bonds. The van der Waals surface area contributed by atoms with Gasteiger partial charge in [0.1, 0.15) is 6.10 Å². The highest BCUT2D eigenvalue weighted by Gasteiger charge is 2.41. The maximum absolute atomic E-state index is 12.6. The quantitative estimate of drug-likeness (QED) is 0.271. The van der Waals surface area contributed by atoms with Crippen LogP contribution in [-0.2, 0) is 17.7 Å². The van der Waals surface area contributed by atoms with Crippen molar-refractivity contribution in [3.8, 4) is 46.0 Å². The van der Waals surface area contributed by atoms with E-state index in [-0.39, 0.29) is 6.79 Å². The van der Waals surface area contributed by atoms with Gasteiger partial charge in [-0.2, -0.15) is 0 Å². The van der Waals surface area contributed by atoms with Crippen molar-refractivity contribution in [2.24, 2.45) is 0 Å². The van der Waals surface area contributed by atoms with Crippen LogP contribution in [0.2, 0.25) is 0 Å². The van der Waals surface area contributed by atoms with Crippen molar-refractivity contribution in [2.75, 3.05) is 63.1 Å². The van der Waals surface area contributed by atoms with Crippen molar-refractivity contribution in [3.05, 3.63) is 58.1 Å². The van der Waals surface area contributed by atoms with Gasteiger partial charge in [0.25, 0.3) is 0 Å². The third kappa shape index (κ3) is 5.23. The molecular weight excluding hydrogens is 558 g/mol. The van der Waals surface area contributed by atoms with E-state index in [2.05, 4.69) is 4.90 Å². The molecule has 3 aromatic rings. The molecule has 0 bridgehead atoms. The Morgan fingerprint density at radius 1 is 0.837 bits per heavy atom. The van der Waals surface area contributed by atoms with Crippen molar-refractivity contribution in [2.45, 2.75) is 25.1 Å². The highest BCUT2D eigenvalue weighted by molar-refractivity contribution is 5.84. The first-order valence-electron chi connectivity index (χ1n) is 13.7. The molecule has 0 fully saturated rings. The second-order valence-corrected chi connectivity index (χ2v) is 9.99. The second-order valence-electron chi connectivity index (χ2n) is 9.99. The van der Waals surface area contributed by atoms with E-state index in [1.54, 1.807) is 41.6 Å². The molecule has 230 valence electrons. The number of ether oxygens (including phenoxy) is 9. The topological polar surface area (TPSA) is 103 Å². The summed E-state index contributed by atoms with van der Waals surface area (Å²) in [7, 11) is 11.0. The molecule has 0 N–H and O–H groups in total. The fraction of sp³-hybridized carbons (Fsp3) is 0.406. The number of methoxy groups -OCH3 is 7. The van der Waals surface area contributed by atoms with Crippen LogP contribution in [0.15, 0.2) is 30.3 Å². The number of rotatable bonds is 12. The van der Waals surface area contributed by atoms with E-state index < -0.39 is 12.1 Å². The molecule has 11 nitrogen and oxygen atoms in total. The summed E-state index contributed by atoms with van der Waals surface area (Å²) in [6.07, 6.45) is 0.856. The number of hydrogen-bond donors (Lipinski definition) is 0. The number of carbonyl (C=O) groups is 1. The van der Waals surface area contributed by atoms with Gasteiger partial charge in [0.15, 0.2) is 40.8 Å². The van der Waals surface area contributed by atoms with Crippen LogP contribution in [0.25, 0.3) is 0 Å². The molecule has 11 heteroatoms. The molecule has 43 heavy (non-hydrogen) atoms. The zero-order chi connectivity index (χ0) is 30.7. The van der Waals surface area contributed by atoms with Crippen molar-refractivity contribution in [1.29, 1.82) is 0 Å². The lowest BCUT2D eigenvalue weighted by Crippen LogP contribution is -2.39. The van der Waals surface area contributed by atoms with E-state index in [0.717, 1.165) is 23.0 Å². The minimum atomic E-state index is -0.629. The molecule has 2 atom stereocenters. The van der Waals surface area contributed by atoms with Crippen LogP contribution in [-0.4, -0.2) is 74.3 Å². The standard InChI is InChI=1S/C32H37NO10/c1-35-22-9-8-20(21(16-34)28(22)38-4)29(39-5)27-26-19(14-25-31(32(26)41-7)43-17-42-25)10-11-33(27)15-18-12-23(36-2)30(40-6)24(13-18)37-3/h8-9,12-14,16,27,29H,10-11,15,17H2,1-7H3. The SMILES string of the molecule is COc1cc(CN2CCc3cc4c(c(OC)c3C2C(OC)c2ccc(OC)c(OC)c2C=O)OCO4)cc(OC)c1OC. The summed E-state index contributed by atoms with van der Waals surface area (Å²) in [5.74, 6) is 4.15. The molecule has 2 unspecified atom stereocenters. The van der Waals surface area contributed by atoms with Crippen LogP contribution < -0.4 is 37.9 Å². The molecule has 0 spiro atoms. The van der Waals surface area contributed by atoms with Crippen LogP contribution in [0.4, 0.5) is 0 Å². The molecule has 2 heterocycles. The molecule has 0 aliphatic carbocycles. The minimum Gasteiger partial charge on any atom is -0.493 e. The molecule has 0 aromatic heterocycles. The highest BCUT2D eigenvalue weighted by atomic mass is 16.7. The molecule has 5 rings (SSSR count). The number of aldehydes is 1. The van der Waals surface area contributed by atoms with E-state index in [1.165, 1.54) is 14.2 Å². The third-order valence-electron chi connectivity index (χ3n) is 8.00. The Bertz CT molecular complexity index is 1460. The third-order valence-corrected chi connectivity index (χ3v) is 8.00. The van der Waals surface area contributed by atoms with Crippen LogP contribution in [0, 0.1) is 0 Å². The van der Waals surface area contributed by atoms with Gasteiger partial charge in [-0.25, -0.2) is 0 Å². The normalized spacial score (nSPS) is 16.2. The summed E-state index contributed by atoms with van der Waals surface area (Å²) >= 11 is 0. The maximum atomic E-state index is 12.6. The lowest BCUT2D eigenvalue weighted by atomic mass is 9.84. The van der Waals surface area contributed by atoms with Crippen LogP contribution in [0.3, 0.4) is 0 Å². The van der Waals surface area contributed by atoms with Gasteiger partial charge in [-0.15, -0.1) is 0 Å². The van der Waals surface area contributed by atoms with Gasteiger partial charge in [0, 0.05) is 25.8 Å². The Balaban J connectivity index is 1.71. The summed E-state index contributed by atoms with van der Waals surface area (Å²) < 4.78 is 51.8.